The number of nitrogens with zero attached hydrogens (tertiary/aromatic N) is 1. The quantitative estimate of drug-likeness (QED) is 0.674. The summed E-state index contributed by atoms with van der Waals surface area (Å²) in [6.07, 6.45) is 4.93. The van der Waals surface area contributed by atoms with E-state index in [9.17, 15) is 18.8 Å². The lowest BCUT2D eigenvalue weighted by Gasteiger charge is -2.14. The summed E-state index contributed by atoms with van der Waals surface area (Å²) < 4.78 is 12.8. The minimum absolute atomic E-state index is 0.226. The Hall–Kier alpha value is -2.50. The van der Waals surface area contributed by atoms with E-state index in [-0.39, 0.29) is 42.6 Å². The summed E-state index contributed by atoms with van der Waals surface area (Å²) in [5.41, 5.74) is 0.747. The normalized spacial score (nSPS) is 23.1. The number of rotatable bonds is 4. The molecule has 1 aromatic rings. The number of carbonyl (C=O) groups excluding carboxylic acids is 3. The van der Waals surface area contributed by atoms with Crippen molar-refractivity contribution >= 4 is 17.7 Å². The van der Waals surface area contributed by atoms with Gasteiger partial charge < -0.3 is 5.32 Å². The Kier molecular flexibility index (Phi) is 4.23. The predicted octanol–water partition coefficient (Wildman–Crippen LogP) is 1.39. The molecule has 1 heterocycles. The third-order valence-electron chi connectivity index (χ3n) is 4.30. The number of carbonyl (C=O) groups is 3. The first-order valence-electron chi connectivity index (χ1n) is 7.57. The number of likely N-dealkylation sites (tertiary alicyclic amines) is 1. The van der Waals surface area contributed by atoms with Crippen LogP contribution in [0.4, 0.5) is 4.39 Å². The predicted molar refractivity (Wildman–Crippen MR) is 80.3 cm³/mol. The van der Waals surface area contributed by atoms with Crippen LogP contribution in [0.25, 0.3) is 0 Å². The molecule has 0 saturated carbocycles. The van der Waals surface area contributed by atoms with Crippen LogP contribution in [-0.4, -0.2) is 29.2 Å². The van der Waals surface area contributed by atoms with Crippen molar-refractivity contribution < 1.29 is 18.8 Å². The Morgan fingerprint density at radius 3 is 2.22 bits per heavy atom. The van der Waals surface area contributed by atoms with Crippen LogP contribution in [0.3, 0.4) is 0 Å². The zero-order valence-electron chi connectivity index (χ0n) is 12.5. The minimum Gasteiger partial charge on any atom is -0.350 e. The van der Waals surface area contributed by atoms with Crippen molar-refractivity contribution in [1.29, 1.82) is 0 Å². The number of imide groups is 1. The van der Waals surface area contributed by atoms with Gasteiger partial charge in [0.1, 0.15) is 12.4 Å². The molecule has 0 aromatic heterocycles. The molecule has 0 radical (unpaired) electrons. The summed E-state index contributed by atoms with van der Waals surface area (Å²) in [4.78, 5) is 37.5. The third kappa shape index (κ3) is 3.16. The molecule has 0 unspecified atom stereocenters. The van der Waals surface area contributed by atoms with Crippen LogP contribution in [0.15, 0.2) is 36.4 Å². The van der Waals surface area contributed by atoms with Crippen molar-refractivity contribution in [3.63, 3.8) is 0 Å². The summed E-state index contributed by atoms with van der Waals surface area (Å²) in [6, 6.07) is 5.77. The zero-order valence-corrected chi connectivity index (χ0v) is 12.5. The van der Waals surface area contributed by atoms with Gasteiger partial charge in [-0.15, -0.1) is 0 Å². The lowest BCUT2D eigenvalue weighted by Crippen LogP contribution is -2.40. The molecule has 2 aliphatic rings. The summed E-state index contributed by atoms with van der Waals surface area (Å²) in [7, 11) is 0. The van der Waals surface area contributed by atoms with Gasteiger partial charge in [-0.3, -0.25) is 19.3 Å². The molecule has 1 saturated heterocycles. The maximum Gasteiger partial charge on any atom is 0.240 e. The molecule has 5 nitrogen and oxygen atoms in total. The average molecular weight is 316 g/mol. The largest absolute Gasteiger partial charge is 0.350 e. The molecule has 1 fully saturated rings. The molecule has 3 amide bonds. The lowest BCUT2D eigenvalue weighted by atomic mass is 9.85. The molecule has 1 aromatic carbocycles. The number of hydrogen-bond donors (Lipinski definition) is 1. The molecular weight excluding hydrogens is 299 g/mol. The molecule has 1 aliphatic heterocycles. The molecule has 3 rings (SSSR count). The molecule has 2 atom stereocenters. The van der Waals surface area contributed by atoms with Crippen LogP contribution in [0.1, 0.15) is 18.4 Å². The van der Waals surface area contributed by atoms with Gasteiger partial charge in [0, 0.05) is 6.54 Å². The second-order valence-electron chi connectivity index (χ2n) is 5.82. The number of fused-ring (bicyclic) bond motifs is 1. The Bertz CT molecular complexity index is 643. The van der Waals surface area contributed by atoms with Crippen LogP contribution in [0, 0.1) is 17.7 Å². The Morgan fingerprint density at radius 2 is 1.65 bits per heavy atom. The van der Waals surface area contributed by atoms with Crippen molar-refractivity contribution in [3.8, 4) is 0 Å². The highest BCUT2D eigenvalue weighted by atomic mass is 19.1. The first-order valence-corrected chi connectivity index (χ1v) is 7.57. The summed E-state index contributed by atoms with van der Waals surface area (Å²) >= 11 is 0. The van der Waals surface area contributed by atoms with Gasteiger partial charge >= 0.3 is 0 Å². The summed E-state index contributed by atoms with van der Waals surface area (Å²) in [5.74, 6) is -1.91. The van der Waals surface area contributed by atoms with E-state index in [4.69, 9.17) is 0 Å². The van der Waals surface area contributed by atoms with Crippen molar-refractivity contribution in [1.82, 2.24) is 10.2 Å². The van der Waals surface area contributed by atoms with Gasteiger partial charge in [0.2, 0.25) is 17.7 Å². The zero-order chi connectivity index (χ0) is 16.4. The molecular formula is C17H17FN2O3. The van der Waals surface area contributed by atoms with Crippen molar-refractivity contribution in [2.75, 3.05) is 6.54 Å². The molecule has 0 bridgehead atoms. The van der Waals surface area contributed by atoms with Crippen LogP contribution < -0.4 is 5.32 Å². The highest BCUT2D eigenvalue weighted by Crippen LogP contribution is 2.34. The SMILES string of the molecule is O=C(CN1C(=O)[C@@H]2CC=CC[C@H]2C1=O)NCc1ccc(F)cc1. The second kappa shape index (κ2) is 6.32. The van der Waals surface area contributed by atoms with E-state index in [1.54, 1.807) is 12.1 Å². The maximum absolute atomic E-state index is 12.8. The van der Waals surface area contributed by atoms with Crippen LogP contribution in [0.2, 0.25) is 0 Å². The van der Waals surface area contributed by atoms with E-state index in [2.05, 4.69) is 5.32 Å². The first kappa shape index (κ1) is 15.4. The standard InChI is InChI=1S/C17H17FN2O3/c18-12-7-5-11(6-8-12)9-19-15(21)10-20-16(22)13-3-1-2-4-14(13)17(20)23/h1-2,5-8,13-14H,3-4,9-10H2,(H,19,21)/t13-,14-/m1/s1. The fourth-order valence-corrected chi connectivity index (χ4v) is 3.03. The number of benzene rings is 1. The monoisotopic (exact) mass is 316 g/mol. The lowest BCUT2D eigenvalue weighted by molar-refractivity contribution is -0.143. The van der Waals surface area contributed by atoms with E-state index in [0.717, 1.165) is 10.5 Å². The van der Waals surface area contributed by atoms with Crippen molar-refractivity contribution in [2.24, 2.45) is 11.8 Å². The second-order valence-corrected chi connectivity index (χ2v) is 5.82. The number of allylic oxidation sites excluding steroid dienone is 2. The molecule has 0 spiro atoms. The smallest absolute Gasteiger partial charge is 0.240 e. The van der Waals surface area contributed by atoms with Crippen LogP contribution in [0.5, 0.6) is 0 Å². The maximum atomic E-state index is 12.8. The summed E-state index contributed by atoms with van der Waals surface area (Å²) in [6.45, 7) is -0.0321. The van der Waals surface area contributed by atoms with E-state index in [1.165, 1.54) is 12.1 Å². The molecule has 6 heteroatoms. The van der Waals surface area contributed by atoms with Crippen LogP contribution >= 0.6 is 0 Å². The van der Waals surface area contributed by atoms with Gasteiger partial charge in [-0.05, 0) is 30.5 Å². The average Bonchev–Trinajstić information content (AvgIpc) is 2.80. The number of amides is 3. The van der Waals surface area contributed by atoms with Crippen LogP contribution in [-0.2, 0) is 20.9 Å². The van der Waals surface area contributed by atoms with E-state index in [1.807, 2.05) is 12.2 Å². The fourth-order valence-electron chi connectivity index (χ4n) is 3.03. The van der Waals surface area contributed by atoms with E-state index < -0.39 is 5.91 Å². The molecule has 1 N–H and O–H groups in total. The van der Waals surface area contributed by atoms with Gasteiger partial charge in [-0.2, -0.15) is 0 Å². The molecule has 23 heavy (non-hydrogen) atoms. The molecule has 1 aliphatic carbocycles. The minimum atomic E-state index is -0.400. The summed E-state index contributed by atoms with van der Waals surface area (Å²) in [5, 5.41) is 2.64. The topological polar surface area (TPSA) is 66.5 Å². The van der Waals surface area contributed by atoms with Gasteiger partial charge in [0.05, 0.1) is 11.8 Å². The highest BCUT2D eigenvalue weighted by molar-refractivity contribution is 6.07. The first-order chi connectivity index (χ1) is 11.1. The number of nitrogens with one attached hydrogen (secondary N) is 1. The van der Waals surface area contributed by atoms with Gasteiger partial charge in [-0.25, -0.2) is 4.39 Å². The van der Waals surface area contributed by atoms with Crippen molar-refractivity contribution in [3.05, 3.63) is 47.8 Å². The van der Waals surface area contributed by atoms with E-state index >= 15 is 0 Å². The number of halogens is 1. The Balaban J connectivity index is 1.56. The Morgan fingerprint density at radius 1 is 1.09 bits per heavy atom. The molecule has 120 valence electrons. The van der Waals surface area contributed by atoms with E-state index in [0.29, 0.717) is 12.8 Å². The highest BCUT2D eigenvalue weighted by Gasteiger charge is 2.47. The number of hydrogen-bond acceptors (Lipinski definition) is 3. The fraction of sp³-hybridized carbons (Fsp3) is 0.353. The van der Waals surface area contributed by atoms with Gasteiger partial charge in [0.25, 0.3) is 0 Å². The Labute approximate surface area is 133 Å². The van der Waals surface area contributed by atoms with Gasteiger partial charge in [0.15, 0.2) is 0 Å². The van der Waals surface area contributed by atoms with Gasteiger partial charge in [-0.1, -0.05) is 24.3 Å². The third-order valence-corrected chi connectivity index (χ3v) is 4.30. The van der Waals surface area contributed by atoms with Crippen molar-refractivity contribution in [2.45, 2.75) is 19.4 Å².